The Kier molecular flexibility index (Phi) is 7.50. The van der Waals surface area contributed by atoms with Gasteiger partial charge < -0.3 is 20.5 Å². The molecule has 180 valence electrons. The first-order valence-electron chi connectivity index (χ1n) is 12.1. The van der Waals surface area contributed by atoms with Gasteiger partial charge in [-0.2, -0.15) is 0 Å². The normalized spacial score (nSPS) is 19.7. The lowest BCUT2D eigenvalue weighted by Gasteiger charge is -2.22. The molecule has 2 aliphatic carbocycles. The molecule has 2 aromatic rings. The van der Waals surface area contributed by atoms with Crippen LogP contribution in [0.3, 0.4) is 0 Å². The number of carbonyl (C=O) groups is 3. The van der Waals surface area contributed by atoms with Crippen LogP contribution < -0.4 is 10.6 Å². The molecule has 0 aliphatic heterocycles. The molecule has 1 saturated carbocycles. The number of aliphatic carboxylic acids is 1. The molecule has 1 fully saturated rings. The molecule has 0 aromatic heterocycles. The van der Waals surface area contributed by atoms with E-state index in [1.807, 2.05) is 31.2 Å². The minimum Gasteiger partial charge on any atom is -0.481 e. The van der Waals surface area contributed by atoms with Crippen molar-refractivity contribution in [2.24, 2.45) is 5.92 Å². The summed E-state index contributed by atoms with van der Waals surface area (Å²) in [6, 6.07) is 15.6. The fourth-order valence-electron chi connectivity index (χ4n) is 5.30. The molecule has 0 bridgehead atoms. The number of amides is 2. The SMILES string of the molecule is CCC[C@H](CC(=O)NC1CCCC1C(=O)O)NC(=O)OCC1c2ccccc2-c2ccccc21. The third kappa shape index (κ3) is 5.24. The standard InChI is InChI=1S/C27H32N2O5/c1-2-8-17(15-25(30)29-24-14-7-13-22(24)26(31)32)28-27(33)34-16-23-20-11-5-3-9-18(20)19-10-4-6-12-21(19)23/h3-6,9-12,17,22-24H,2,7-8,13-16H2,1H3,(H,28,33)(H,29,30)(H,31,32)/t17-,22?,24?/m1/s1. The molecule has 0 spiro atoms. The zero-order valence-corrected chi connectivity index (χ0v) is 19.5. The van der Waals surface area contributed by atoms with E-state index in [-0.39, 0.29) is 36.9 Å². The average molecular weight is 465 g/mol. The van der Waals surface area contributed by atoms with Gasteiger partial charge in [-0.15, -0.1) is 0 Å². The van der Waals surface area contributed by atoms with Crippen molar-refractivity contribution in [1.82, 2.24) is 10.6 Å². The van der Waals surface area contributed by atoms with Crippen LogP contribution in [-0.4, -0.2) is 41.8 Å². The van der Waals surface area contributed by atoms with Crippen molar-refractivity contribution in [2.45, 2.75) is 63.5 Å². The lowest BCUT2D eigenvalue weighted by molar-refractivity contribution is -0.142. The summed E-state index contributed by atoms with van der Waals surface area (Å²) in [6.07, 6.45) is 3.02. The number of rotatable bonds is 9. The summed E-state index contributed by atoms with van der Waals surface area (Å²) in [5.74, 6) is -1.68. The van der Waals surface area contributed by atoms with Crippen LogP contribution in [0.25, 0.3) is 11.1 Å². The minimum atomic E-state index is -0.871. The molecule has 0 saturated heterocycles. The number of carboxylic acids is 1. The number of ether oxygens (including phenoxy) is 1. The Bertz CT molecular complexity index is 1010. The number of benzene rings is 2. The first kappa shape index (κ1) is 23.8. The lowest BCUT2D eigenvalue weighted by atomic mass is 9.98. The minimum absolute atomic E-state index is 0.0265. The topological polar surface area (TPSA) is 105 Å². The highest BCUT2D eigenvalue weighted by molar-refractivity contribution is 5.80. The van der Waals surface area contributed by atoms with Crippen LogP contribution in [-0.2, 0) is 14.3 Å². The Labute approximate surface area is 199 Å². The van der Waals surface area contributed by atoms with E-state index in [1.165, 1.54) is 11.1 Å². The van der Waals surface area contributed by atoms with E-state index in [1.54, 1.807) is 0 Å². The summed E-state index contributed by atoms with van der Waals surface area (Å²) >= 11 is 0. The quantitative estimate of drug-likeness (QED) is 0.508. The first-order chi connectivity index (χ1) is 16.5. The number of carbonyl (C=O) groups excluding carboxylic acids is 2. The first-order valence-corrected chi connectivity index (χ1v) is 12.1. The van der Waals surface area contributed by atoms with Crippen LogP contribution >= 0.6 is 0 Å². The molecule has 0 radical (unpaired) electrons. The second-order valence-corrected chi connectivity index (χ2v) is 9.21. The number of nitrogens with one attached hydrogen (secondary N) is 2. The molecule has 4 rings (SSSR count). The van der Waals surface area contributed by atoms with Gasteiger partial charge in [0.15, 0.2) is 0 Å². The fraction of sp³-hybridized carbons (Fsp3) is 0.444. The number of hydrogen-bond acceptors (Lipinski definition) is 4. The summed E-state index contributed by atoms with van der Waals surface area (Å²) in [5, 5.41) is 15.0. The Balaban J connectivity index is 1.33. The molecule has 3 N–H and O–H groups in total. The van der Waals surface area contributed by atoms with E-state index in [0.717, 1.165) is 24.0 Å². The van der Waals surface area contributed by atoms with Crippen molar-refractivity contribution < 1.29 is 24.2 Å². The van der Waals surface area contributed by atoms with E-state index >= 15 is 0 Å². The van der Waals surface area contributed by atoms with Crippen molar-refractivity contribution in [2.75, 3.05) is 6.61 Å². The van der Waals surface area contributed by atoms with Gasteiger partial charge in [0.25, 0.3) is 0 Å². The Morgan fingerprint density at radius 3 is 2.29 bits per heavy atom. The highest BCUT2D eigenvalue weighted by atomic mass is 16.5. The Morgan fingerprint density at radius 2 is 1.68 bits per heavy atom. The molecule has 2 aliphatic rings. The summed E-state index contributed by atoms with van der Waals surface area (Å²) in [5.41, 5.74) is 4.62. The monoisotopic (exact) mass is 464 g/mol. The van der Waals surface area contributed by atoms with Crippen LogP contribution in [0.5, 0.6) is 0 Å². The Morgan fingerprint density at radius 1 is 1.03 bits per heavy atom. The molecule has 3 atom stereocenters. The number of carboxylic acid groups (broad SMARTS) is 1. The summed E-state index contributed by atoms with van der Waals surface area (Å²) < 4.78 is 5.62. The van der Waals surface area contributed by atoms with Crippen molar-refractivity contribution >= 4 is 18.0 Å². The van der Waals surface area contributed by atoms with Crippen LogP contribution in [0.2, 0.25) is 0 Å². The van der Waals surface area contributed by atoms with Gasteiger partial charge in [-0.1, -0.05) is 68.3 Å². The second kappa shape index (κ2) is 10.7. The highest BCUT2D eigenvalue weighted by Gasteiger charge is 2.34. The molecule has 2 aromatic carbocycles. The van der Waals surface area contributed by atoms with Gasteiger partial charge in [-0.25, -0.2) is 4.79 Å². The smallest absolute Gasteiger partial charge is 0.407 e. The fourth-order valence-corrected chi connectivity index (χ4v) is 5.30. The zero-order valence-electron chi connectivity index (χ0n) is 19.5. The molecule has 0 heterocycles. The van der Waals surface area contributed by atoms with Crippen molar-refractivity contribution in [3.63, 3.8) is 0 Å². The summed E-state index contributed by atoms with van der Waals surface area (Å²) in [6.45, 7) is 2.20. The number of fused-ring (bicyclic) bond motifs is 3. The summed E-state index contributed by atoms with van der Waals surface area (Å²) in [7, 11) is 0. The van der Waals surface area contributed by atoms with Gasteiger partial charge in [0.05, 0.1) is 5.92 Å². The van der Waals surface area contributed by atoms with E-state index in [0.29, 0.717) is 19.3 Å². The summed E-state index contributed by atoms with van der Waals surface area (Å²) in [4.78, 5) is 36.6. The third-order valence-electron chi connectivity index (χ3n) is 6.91. The maximum atomic E-state index is 12.6. The van der Waals surface area contributed by atoms with Gasteiger partial charge in [-0.05, 0) is 41.5 Å². The zero-order chi connectivity index (χ0) is 24.1. The molecule has 2 unspecified atom stereocenters. The largest absolute Gasteiger partial charge is 0.481 e. The van der Waals surface area contributed by atoms with Crippen molar-refractivity contribution in [3.8, 4) is 11.1 Å². The number of alkyl carbamates (subject to hydrolysis) is 1. The van der Waals surface area contributed by atoms with Crippen molar-refractivity contribution in [3.05, 3.63) is 59.7 Å². The average Bonchev–Trinajstić information content (AvgIpc) is 3.40. The van der Waals surface area contributed by atoms with Gasteiger partial charge >= 0.3 is 12.1 Å². The van der Waals surface area contributed by atoms with E-state index in [4.69, 9.17) is 4.74 Å². The molecular formula is C27H32N2O5. The Hall–Kier alpha value is -3.35. The van der Waals surface area contributed by atoms with Gasteiger partial charge in [-0.3, -0.25) is 9.59 Å². The molecule has 7 heteroatoms. The maximum Gasteiger partial charge on any atom is 0.407 e. The lowest BCUT2D eigenvalue weighted by Crippen LogP contribution is -2.44. The van der Waals surface area contributed by atoms with Crippen LogP contribution in [0, 0.1) is 5.92 Å². The van der Waals surface area contributed by atoms with Gasteiger partial charge in [0.1, 0.15) is 6.61 Å². The molecule has 7 nitrogen and oxygen atoms in total. The van der Waals surface area contributed by atoms with Gasteiger partial charge in [0.2, 0.25) is 5.91 Å². The predicted molar refractivity (Wildman–Crippen MR) is 128 cm³/mol. The van der Waals surface area contributed by atoms with Crippen molar-refractivity contribution in [1.29, 1.82) is 0 Å². The highest BCUT2D eigenvalue weighted by Crippen LogP contribution is 2.44. The van der Waals surface area contributed by atoms with E-state index < -0.39 is 18.0 Å². The van der Waals surface area contributed by atoms with Gasteiger partial charge in [0, 0.05) is 24.4 Å². The van der Waals surface area contributed by atoms with E-state index in [9.17, 15) is 19.5 Å². The predicted octanol–water partition coefficient (Wildman–Crippen LogP) is 4.45. The second-order valence-electron chi connectivity index (χ2n) is 9.21. The molecule has 2 amide bonds. The van der Waals surface area contributed by atoms with E-state index in [2.05, 4.69) is 34.9 Å². The number of hydrogen-bond donors (Lipinski definition) is 3. The molecular weight excluding hydrogens is 432 g/mol. The van der Waals surface area contributed by atoms with Crippen LogP contribution in [0.15, 0.2) is 48.5 Å². The third-order valence-corrected chi connectivity index (χ3v) is 6.91. The van der Waals surface area contributed by atoms with Crippen LogP contribution in [0.1, 0.15) is 62.5 Å². The molecule has 34 heavy (non-hydrogen) atoms. The maximum absolute atomic E-state index is 12.6. The van der Waals surface area contributed by atoms with Crippen LogP contribution in [0.4, 0.5) is 4.79 Å².